The third-order valence-corrected chi connectivity index (χ3v) is 5.47. The van der Waals surface area contributed by atoms with Crippen molar-refractivity contribution in [3.8, 4) is 0 Å². The molecule has 0 heterocycles. The Morgan fingerprint density at radius 2 is 2.05 bits per heavy atom. The Labute approximate surface area is 122 Å². The number of hydrogen-bond donors (Lipinski definition) is 1. The summed E-state index contributed by atoms with van der Waals surface area (Å²) < 4.78 is 5.60. The number of esters is 1. The van der Waals surface area contributed by atoms with Crippen LogP contribution in [0.1, 0.15) is 66.7 Å². The molecule has 0 bridgehead atoms. The standard InChI is InChI=1S/C17H28O3/c1-11-6-7-15(20-12(2)18)17(5)9-8-13(10-14(11)17)16(3,4)19/h13,15,19H,6-10H2,1-5H3/t13-,15-,17-/m1/s1. The van der Waals surface area contributed by atoms with Crippen molar-refractivity contribution >= 4 is 5.97 Å². The minimum absolute atomic E-state index is 0.00135. The molecule has 3 heteroatoms. The first-order valence-electron chi connectivity index (χ1n) is 7.73. The number of carbonyl (C=O) groups is 1. The highest BCUT2D eigenvalue weighted by molar-refractivity contribution is 5.66. The van der Waals surface area contributed by atoms with Crippen LogP contribution in [0.3, 0.4) is 0 Å². The molecular formula is C17H28O3. The lowest BCUT2D eigenvalue weighted by Crippen LogP contribution is -2.46. The summed E-state index contributed by atoms with van der Waals surface area (Å²) in [6, 6.07) is 0. The van der Waals surface area contributed by atoms with Gasteiger partial charge in [-0.05, 0) is 58.8 Å². The third-order valence-electron chi connectivity index (χ3n) is 5.47. The van der Waals surface area contributed by atoms with Gasteiger partial charge in [-0.3, -0.25) is 4.79 Å². The molecule has 2 aliphatic rings. The highest BCUT2D eigenvalue weighted by Crippen LogP contribution is 2.53. The summed E-state index contributed by atoms with van der Waals surface area (Å²) in [5, 5.41) is 10.3. The maximum Gasteiger partial charge on any atom is 0.302 e. The molecule has 0 aromatic rings. The Bertz CT molecular complexity index is 430. The number of ether oxygens (including phenoxy) is 1. The predicted molar refractivity (Wildman–Crippen MR) is 79.2 cm³/mol. The fourth-order valence-electron chi connectivity index (χ4n) is 4.03. The van der Waals surface area contributed by atoms with Gasteiger partial charge in [0.2, 0.25) is 0 Å². The average molecular weight is 280 g/mol. The smallest absolute Gasteiger partial charge is 0.302 e. The first-order valence-corrected chi connectivity index (χ1v) is 7.73. The molecule has 0 saturated heterocycles. The Morgan fingerprint density at radius 3 is 2.60 bits per heavy atom. The van der Waals surface area contributed by atoms with Crippen LogP contribution in [0.5, 0.6) is 0 Å². The maximum absolute atomic E-state index is 11.4. The van der Waals surface area contributed by atoms with Crippen molar-refractivity contribution < 1.29 is 14.6 Å². The van der Waals surface area contributed by atoms with Crippen LogP contribution in [-0.4, -0.2) is 22.8 Å². The molecule has 0 amide bonds. The summed E-state index contributed by atoms with van der Waals surface area (Å²) in [4.78, 5) is 11.4. The lowest BCUT2D eigenvalue weighted by Gasteiger charge is -2.50. The molecule has 2 aliphatic carbocycles. The van der Waals surface area contributed by atoms with Crippen molar-refractivity contribution in [1.29, 1.82) is 0 Å². The molecule has 1 fully saturated rings. The van der Waals surface area contributed by atoms with Crippen molar-refractivity contribution in [3.63, 3.8) is 0 Å². The molecule has 0 aromatic heterocycles. The van der Waals surface area contributed by atoms with Crippen molar-refractivity contribution in [1.82, 2.24) is 0 Å². The van der Waals surface area contributed by atoms with Gasteiger partial charge in [-0.2, -0.15) is 0 Å². The molecule has 0 unspecified atom stereocenters. The third kappa shape index (κ3) is 2.78. The second kappa shape index (κ2) is 5.18. The van der Waals surface area contributed by atoms with E-state index >= 15 is 0 Å². The van der Waals surface area contributed by atoms with Crippen molar-refractivity contribution in [3.05, 3.63) is 11.1 Å². The Hall–Kier alpha value is -0.830. The van der Waals surface area contributed by atoms with Crippen LogP contribution in [0.25, 0.3) is 0 Å². The molecular weight excluding hydrogens is 252 g/mol. The normalized spacial score (nSPS) is 34.7. The molecule has 1 saturated carbocycles. The highest BCUT2D eigenvalue weighted by Gasteiger charge is 2.48. The first kappa shape index (κ1) is 15.6. The van der Waals surface area contributed by atoms with Gasteiger partial charge < -0.3 is 9.84 Å². The quantitative estimate of drug-likeness (QED) is 0.621. The fraction of sp³-hybridized carbons (Fsp3) is 0.824. The SMILES string of the molecule is CC(=O)O[C@@H]1CCC(C)=C2C[C@H](C(C)(C)O)CC[C@]21C. The Balaban J connectivity index is 2.28. The van der Waals surface area contributed by atoms with Crippen LogP contribution in [0.15, 0.2) is 11.1 Å². The fourth-order valence-corrected chi connectivity index (χ4v) is 4.03. The molecule has 2 rings (SSSR count). The molecule has 3 atom stereocenters. The zero-order chi connectivity index (χ0) is 15.1. The minimum Gasteiger partial charge on any atom is -0.462 e. The summed E-state index contributed by atoms with van der Waals surface area (Å²) >= 11 is 0. The number of allylic oxidation sites excluding steroid dienone is 1. The van der Waals surface area contributed by atoms with Gasteiger partial charge in [0.15, 0.2) is 0 Å². The van der Waals surface area contributed by atoms with Gasteiger partial charge in [0.1, 0.15) is 6.10 Å². The van der Waals surface area contributed by atoms with E-state index in [1.165, 1.54) is 18.1 Å². The van der Waals surface area contributed by atoms with Gasteiger partial charge >= 0.3 is 5.97 Å². The minimum atomic E-state index is -0.636. The summed E-state index contributed by atoms with van der Waals surface area (Å²) in [5.41, 5.74) is 2.19. The van der Waals surface area contributed by atoms with Gasteiger partial charge in [0.05, 0.1) is 5.60 Å². The van der Waals surface area contributed by atoms with Crippen LogP contribution in [0.4, 0.5) is 0 Å². The number of rotatable bonds is 2. The number of hydrogen-bond acceptors (Lipinski definition) is 3. The van der Waals surface area contributed by atoms with Crippen LogP contribution in [0, 0.1) is 11.3 Å². The van der Waals surface area contributed by atoms with Crippen molar-refractivity contribution in [2.24, 2.45) is 11.3 Å². The average Bonchev–Trinajstić information content (AvgIpc) is 2.31. The van der Waals surface area contributed by atoms with Gasteiger partial charge in [-0.25, -0.2) is 0 Å². The van der Waals surface area contributed by atoms with E-state index in [1.807, 2.05) is 13.8 Å². The molecule has 114 valence electrons. The summed E-state index contributed by atoms with van der Waals surface area (Å²) in [7, 11) is 0. The molecule has 20 heavy (non-hydrogen) atoms. The number of aliphatic hydroxyl groups is 1. The Morgan fingerprint density at radius 1 is 1.40 bits per heavy atom. The summed E-state index contributed by atoms with van der Waals surface area (Å²) in [5.74, 6) is 0.122. The van der Waals surface area contributed by atoms with E-state index in [0.29, 0.717) is 5.92 Å². The molecule has 3 nitrogen and oxygen atoms in total. The lowest BCUT2D eigenvalue weighted by atomic mass is 9.58. The zero-order valence-corrected chi connectivity index (χ0v) is 13.5. The van der Waals surface area contributed by atoms with Gasteiger partial charge in [0.25, 0.3) is 0 Å². The predicted octanol–water partition coefficient (Wildman–Crippen LogP) is 3.61. The second-order valence-corrected chi connectivity index (χ2v) is 7.41. The number of carbonyl (C=O) groups excluding carboxylic acids is 1. The van der Waals surface area contributed by atoms with Crippen LogP contribution in [0.2, 0.25) is 0 Å². The van der Waals surface area contributed by atoms with Crippen LogP contribution >= 0.6 is 0 Å². The monoisotopic (exact) mass is 280 g/mol. The highest BCUT2D eigenvalue weighted by atomic mass is 16.5. The van der Waals surface area contributed by atoms with E-state index in [-0.39, 0.29) is 17.5 Å². The molecule has 0 aromatic carbocycles. The van der Waals surface area contributed by atoms with E-state index in [0.717, 1.165) is 32.1 Å². The van der Waals surface area contributed by atoms with Crippen LogP contribution in [-0.2, 0) is 9.53 Å². The molecule has 1 N–H and O–H groups in total. The van der Waals surface area contributed by atoms with Gasteiger partial charge in [-0.1, -0.05) is 18.1 Å². The van der Waals surface area contributed by atoms with Crippen molar-refractivity contribution in [2.75, 3.05) is 0 Å². The van der Waals surface area contributed by atoms with E-state index in [1.54, 1.807) is 0 Å². The van der Waals surface area contributed by atoms with Gasteiger partial charge in [-0.15, -0.1) is 0 Å². The van der Waals surface area contributed by atoms with Crippen LogP contribution < -0.4 is 0 Å². The first-order chi connectivity index (χ1) is 9.14. The summed E-state index contributed by atoms with van der Waals surface area (Å²) in [6.45, 7) is 9.74. The van der Waals surface area contributed by atoms with E-state index in [2.05, 4.69) is 13.8 Å². The van der Waals surface area contributed by atoms with Crippen molar-refractivity contribution in [2.45, 2.75) is 78.4 Å². The van der Waals surface area contributed by atoms with E-state index in [4.69, 9.17) is 4.74 Å². The molecule has 0 spiro atoms. The second-order valence-electron chi connectivity index (χ2n) is 7.41. The lowest BCUT2D eigenvalue weighted by molar-refractivity contribution is -0.154. The van der Waals surface area contributed by atoms with E-state index in [9.17, 15) is 9.90 Å². The van der Waals surface area contributed by atoms with E-state index < -0.39 is 5.60 Å². The maximum atomic E-state index is 11.4. The summed E-state index contributed by atoms with van der Waals surface area (Å²) in [6.07, 6.45) is 4.85. The Kier molecular flexibility index (Phi) is 4.03. The zero-order valence-electron chi connectivity index (χ0n) is 13.5. The largest absolute Gasteiger partial charge is 0.462 e. The van der Waals surface area contributed by atoms with Gasteiger partial charge in [0, 0.05) is 12.3 Å². The molecule has 0 aliphatic heterocycles. The topological polar surface area (TPSA) is 46.5 Å². The number of fused-ring (bicyclic) bond motifs is 1. The molecule has 0 radical (unpaired) electrons.